The minimum Gasteiger partial charge on any atom is -0.480 e. The molecule has 1 saturated heterocycles. The molecule has 0 aromatic heterocycles. The highest BCUT2D eigenvalue weighted by Crippen LogP contribution is 2.27. The molecule has 0 spiro atoms. The van der Waals surface area contributed by atoms with E-state index in [1.807, 2.05) is 0 Å². The fourth-order valence-corrected chi connectivity index (χ4v) is 2.42. The van der Waals surface area contributed by atoms with Crippen molar-refractivity contribution in [2.45, 2.75) is 30.9 Å². The Labute approximate surface area is 118 Å². The van der Waals surface area contributed by atoms with E-state index in [0.717, 1.165) is 0 Å². The number of hydrogen-bond acceptors (Lipinski definition) is 6. The highest BCUT2D eigenvalue weighted by molar-refractivity contribution is 7.98. The van der Waals surface area contributed by atoms with Crippen LogP contribution in [0.25, 0.3) is 0 Å². The van der Waals surface area contributed by atoms with E-state index >= 15 is 0 Å². The molecule has 0 aliphatic carbocycles. The van der Waals surface area contributed by atoms with E-state index in [1.54, 1.807) is 6.26 Å². The highest BCUT2D eigenvalue weighted by atomic mass is 32.2. The quantitative estimate of drug-likeness (QED) is 0.541. The number of carbonyl (C=O) groups is 4. The molecule has 1 fully saturated rings. The average Bonchev–Trinajstić information content (AvgIpc) is 2.31. The second kappa shape index (κ2) is 6.23. The molecule has 9 heteroatoms. The van der Waals surface area contributed by atoms with Crippen molar-refractivity contribution in [3.63, 3.8) is 0 Å². The Morgan fingerprint density at radius 2 is 1.80 bits per heavy atom. The molecule has 3 N–H and O–H groups in total. The second-order valence-corrected chi connectivity index (χ2v) is 5.47. The van der Waals surface area contributed by atoms with Crippen LogP contribution in [0.3, 0.4) is 0 Å². The first kappa shape index (κ1) is 16.4. The molecule has 0 aromatic carbocycles. The first-order valence-corrected chi connectivity index (χ1v) is 7.14. The Balaban J connectivity index is 2.97. The topological polar surface area (TPSA) is 132 Å². The number of carbonyl (C=O) groups excluding carboxylic acids is 2. The molecular formula is C11H15NO7S. The van der Waals surface area contributed by atoms with Gasteiger partial charge in [-0.05, 0) is 18.4 Å². The predicted molar refractivity (Wildman–Crippen MR) is 68.1 cm³/mol. The number of hydrogen-bond donors (Lipinski definition) is 3. The molecule has 0 aromatic rings. The van der Waals surface area contributed by atoms with E-state index in [1.165, 1.54) is 11.8 Å². The summed E-state index contributed by atoms with van der Waals surface area (Å²) in [6, 6.07) is -1.33. The molecule has 0 radical (unpaired) electrons. The van der Waals surface area contributed by atoms with E-state index in [-0.39, 0.29) is 6.42 Å². The average molecular weight is 305 g/mol. The summed E-state index contributed by atoms with van der Waals surface area (Å²) in [5.41, 5.74) is -2.45. The Morgan fingerprint density at radius 1 is 1.30 bits per heavy atom. The van der Waals surface area contributed by atoms with Crippen molar-refractivity contribution in [2.24, 2.45) is 0 Å². The molecular weight excluding hydrogens is 290 g/mol. The number of amides is 2. The molecule has 0 bridgehead atoms. The van der Waals surface area contributed by atoms with Crippen molar-refractivity contribution >= 4 is 35.5 Å². The van der Waals surface area contributed by atoms with Crippen LogP contribution in [0.2, 0.25) is 0 Å². The van der Waals surface area contributed by atoms with Crippen LogP contribution in [0.15, 0.2) is 0 Å². The molecule has 1 atom stereocenters. The maximum Gasteiger partial charge on any atom is 0.336 e. The number of aliphatic hydroxyl groups is 1. The van der Waals surface area contributed by atoms with Crippen molar-refractivity contribution in [2.75, 3.05) is 12.0 Å². The second-order valence-electron chi connectivity index (χ2n) is 4.48. The summed E-state index contributed by atoms with van der Waals surface area (Å²) in [5, 5.41) is 27.6. The lowest BCUT2D eigenvalue weighted by Crippen LogP contribution is -2.59. The van der Waals surface area contributed by atoms with Gasteiger partial charge >= 0.3 is 11.9 Å². The smallest absolute Gasteiger partial charge is 0.336 e. The number of piperidine rings is 1. The van der Waals surface area contributed by atoms with Gasteiger partial charge in [-0.15, -0.1) is 0 Å². The molecule has 20 heavy (non-hydrogen) atoms. The maximum absolute atomic E-state index is 11.8. The van der Waals surface area contributed by atoms with Crippen molar-refractivity contribution in [3.8, 4) is 0 Å². The number of imide groups is 1. The lowest BCUT2D eigenvalue weighted by atomic mass is 9.89. The number of likely N-dealkylation sites (tertiary alicyclic amines) is 1. The zero-order valence-electron chi connectivity index (χ0n) is 10.7. The van der Waals surface area contributed by atoms with Gasteiger partial charge in [0, 0.05) is 0 Å². The third kappa shape index (κ3) is 3.28. The number of carboxylic acids is 2. The van der Waals surface area contributed by atoms with Gasteiger partial charge in [-0.2, -0.15) is 11.8 Å². The summed E-state index contributed by atoms with van der Waals surface area (Å²) >= 11 is 1.36. The van der Waals surface area contributed by atoms with Gasteiger partial charge in [-0.1, -0.05) is 0 Å². The predicted octanol–water partition coefficient (Wildman–Crippen LogP) is -0.843. The largest absolute Gasteiger partial charge is 0.480 e. The van der Waals surface area contributed by atoms with Crippen molar-refractivity contribution in [1.29, 1.82) is 0 Å². The Morgan fingerprint density at radius 3 is 2.15 bits per heavy atom. The van der Waals surface area contributed by atoms with Crippen molar-refractivity contribution in [3.05, 3.63) is 0 Å². The van der Waals surface area contributed by atoms with Crippen LogP contribution in [0.4, 0.5) is 0 Å². The summed E-state index contributed by atoms with van der Waals surface area (Å²) in [6.07, 6.45) is 0.204. The van der Waals surface area contributed by atoms with E-state index in [4.69, 9.17) is 10.2 Å². The Kier molecular flexibility index (Phi) is 5.12. The summed E-state index contributed by atoms with van der Waals surface area (Å²) in [5.74, 6) is -4.55. The molecule has 1 rings (SSSR count). The molecule has 1 aliphatic rings. The molecule has 2 amide bonds. The van der Waals surface area contributed by atoms with Gasteiger partial charge in [0.05, 0.1) is 12.8 Å². The monoisotopic (exact) mass is 305 g/mol. The molecule has 8 nitrogen and oxygen atoms in total. The minimum atomic E-state index is -2.45. The lowest BCUT2D eigenvalue weighted by Gasteiger charge is -2.36. The number of rotatable bonds is 6. The standard InChI is InChI=1S/C11H15NO7S/c1-20-3-2-6(9(15)16)12-7(13)4-11(19,10(17)18)5-8(12)14/h6,19H,2-5H2,1H3,(H,15,16)(H,17,18). The van der Waals surface area contributed by atoms with Crippen molar-refractivity contribution < 1.29 is 34.5 Å². The summed E-state index contributed by atoms with van der Waals surface area (Å²) in [7, 11) is 0. The number of thioether (sulfide) groups is 1. The third-order valence-corrected chi connectivity index (χ3v) is 3.66. The van der Waals surface area contributed by atoms with Crippen LogP contribution >= 0.6 is 11.8 Å². The zero-order chi connectivity index (χ0) is 15.5. The minimum absolute atomic E-state index is 0.0689. The third-order valence-electron chi connectivity index (χ3n) is 3.01. The van der Waals surface area contributed by atoms with Gasteiger partial charge in [0.2, 0.25) is 11.8 Å². The van der Waals surface area contributed by atoms with Crippen LogP contribution in [0.5, 0.6) is 0 Å². The molecule has 1 heterocycles. The summed E-state index contributed by atoms with van der Waals surface area (Å²) in [4.78, 5) is 46.3. The van der Waals surface area contributed by atoms with E-state index in [2.05, 4.69) is 0 Å². The first-order chi connectivity index (χ1) is 9.23. The number of aliphatic carboxylic acids is 2. The number of nitrogens with zero attached hydrogens (tertiary/aromatic N) is 1. The van der Waals surface area contributed by atoms with Gasteiger partial charge in [-0.3, -0.25) is 14.5 Å². The van der Waals surface area contributed by atoms with Crippen LogP contribution in [0, 0.1) is 0 Å². The van der Waals surface area contributed by atoms with Crippen LogP contribution in [-0.2, 0) is 19.2 Å². The SMILES string of the molecule is CSCCC(C(=O)O)N1C(=O)CC(O)(C(=O)O)CC1=O. The van der Waals surface area contributed by atoms with Crippen LogP contribution in [0.1, 0.15) is 19.3 Å². The molecule has 1 unspecified atom stereocenters. The fraction of sp³-hybridized carbons (Fsp3) is 0.636. The number of carboxylic acid groups (broad SMARTS) is 2. The normalized spacial score (nSPS) is 19.8. The zero-order valence-corrected chi connectivity index (χ0v) is 11.6. The van der Waals surface area contributed by atoms with E-state index in [9.17, 15) is 24.3 Å². The lowest BCUT2D eigenvalue weighted by molar-refractivity contribution is -0.178. The first-order valence-electron chi connectivity index (χ1n) is 5.75. The maximum atomic E-state index is 11.8. The van der Waals surface area contributed by atoms with Gasteiger partial charge in [0.25, 0.3) is 0 Å². The fourth-order valence-electron chi connectivity index (χ4n) is 1.96. The van der Waals surface area contributed by atoms with E-state index < -0.39 is 48.2 Å². The van der Waals surface area contributed by atoms with Gasteiger partial charge in [0.1, 0.15) is 6.04 Å². The van der Waals surface area contributed by atoms with Crippen LogP contribution < -0.4 is 0 Å². The van der Waals surface area contributed by atoms with Gasteiger partial charge in [0.15, 0.2) is 5.60 Å². The molecule has 112 valence electrons. The Bertz CT molecular complexity index is 432. The van der Waals surface area contributed by atoms with Crippen molar-refractivity contribution in [1.82, 2.24) is 4.90 Å². The molecule has 0 saturated carbocycles. The summed E-state index contributed by atoms with van der Waals surface area (Å²) in [6.45, 7) is 0. The van der Waals surface area contributed by atoms with Gasteiger partial charge < -0.3 is 15.3 Å². The summed E-state index contributed by atoms with van der Waals surface area (Å²) < 4.78 is 0. The Hall–Kier alpha value is -1.61. The highest BCUT2D eigenvalue weighted by Gasteiger charge is 2.50. The van der Waals surface area contributed by atoms with Crippen LogP contribution in [-0.4, -0.2) is 67.6 Å². The van der Waals surface area contributed by atoms with E-state index in [0.29, 0.717) is 10.7 Å². The van der Waals surface area contributed by atoms with Gasteiger partial charge in [-0.25, -0.2) is 9.59 Å². The molecule has 1 aliphatic heterocycles.